The van der Waals surface area contributed by atoms with Crippen molar-refractivity contribution in [2.24, 2.45) is 9.98 Å². The zero-order valence-corrected chi connectivity index (χ0v) is 32.8. The van der Waals surface area contributed by atoms with Crippen molar-refractivity contribution in [1.82, 2.24) is 0 Å². The minimum absolute atomic E-state index is 0.220. The van der Waals surface area contributed by atoms with Gasteiger partial charge in [0.1, 0.15) is 11.5 Å². The number of aryl methyl sites for hydroxylation is 2. The Morgan fingerprint density at radius 1 is 0.540 bits per heavy atom. The third kappa shape index (κ3) is 7.75. The summed E-state index contributed by atoms with van der Waals surface area (Å²) in [5, 5.41) is 26.9. The van der Waals surface area contributed by atoms with Crippen LogP contribution in [0.5, 0.6) is 11.5 Å². The van der Waals surface area contributed by atoms with Crippen LogP contribution in [0.1, 0.15) is 74.9 Å². The van der Waals surface area contributed by atoms with Gasteiger partial charge in [-0.25, -0.2) is 0 Å². The molecule has 6 aromatic carbocycles. The van der Waals surface area contributed by atoms with Crippen molar-refractivity contribution in [3.05, 3.63) is 130 Å². The van der Waals surface area contributed by atoms with Gasteiger partial charge in [-0.05, 0) is 81.6 Å². The van der Waals surface area contributed by atoms with Gasteiger partial charge in [-0.1, -0.05) is 114 Å². The SMILES string of the molecule is Cc1cc(C=Nc2ccc3ccccc3c2-c2c(N=Cc3cc(C)cc(C(C)(C)C)c3O)ccc3ccccc23)c(O)c(C(C)(C)C)c1.[Cl][Au]. The number of phenols is 2. The summed E-state index contributed by atoms with van der Waals surface area (Å²) in [5.74, 6) is 0.504. The Morgan fingerprint density at radius 3 is 1.26 bits per heavy atom. The number of rotatable bonds is 5. The standard InChI is InChI=1S/C44H44N2O2.Au.ClH/c1-27-21-31(41(47)35(23-27)43(3,4)5)25-45-37-19-17-29-13-9-11-15-33(29)39(37)40-34-16-12-10-14-30(34)18-20-38(40)46-26-32-22-28(2)24-36(42(32)48)44(6,7)8;;/h9-26,47-48H,1-8H3;;1H/q;+1;/p-1. The van der Waals surface area contributed by atoms with Gasteiger partial charge in [-0.2, -0.15) is 0 Å². The van der Waals surface area contributed by atoms with Crippen molar-refractivity contribution in [3.8, 4) is 22.6 Å². The molecule has 0 radical (unpaired) electrons. The van der Waals surface area contributed by atoms with Crippen molar-refractivity contribution in [2.45, 2.75) is 66.2 Å². The topological polar surface area (TPSA) is 65.2 Å². The molecule has 0 saturated heterocycles. The molecule has 0 fully saturated rings. The maximum atomic E-state index is 11.3. The van der Waals surface area contributed by atoms with E-state index in [9.17, 15) is 10.2 Å². The van der Waals surface area contributed by atoms with Gasteiger partial charge in [0.05, 0.1) is 11.4 Å². The van der Waals surface area contributed by atoms with Crippen molar-refractivity contribution in [3.63, 3.8) is 0 Å². The second-order valence-corrected chi connectivity index (χ2v) is 14.9. The zero-order valence-electron chi connectivity index (χ0n) is 29.9. The van der Waals surface area contributed by atoms with Crippen molar-refractivity contribution < 1.29 is 30.2 Å². The number of aliphatic imine (C=N–C) groups is 2. The molecule has 0 heterocycles. The van der Waals surface area contributed by atoms with E-state index in [1.165, 1.54) is 0 Å². The molecular weight excluding hydrogens is 821 g/mol. The fourth-order valence-electron chi connectivity index (χ4n) is 6.49. The molecule has 0 amide bonds. The summed E-state index contributed by atoms with van der Waals surface area (Å²) in [5.41, 5.74) is 8.30. The van der Waals surface area contributed by atoms with Crippen LogP contribution in [0, 0.1) is 13.8 Å². The van der Waals surface area contributed by atoms with Gasteiger partial charge >= 0.3 is 29.2 Å². The molecule has 0 aliphatic rings. The average Bonchev–Trinajstić information content (AvgIpc) is 3.08. The second kappa shape index (κ2) is 15.0. The molecule has 0 unspecified atom stereocenters. The number of phenolic OH excluding ortho intramolecular Hbond substituents is 2. The molecule has 0 saturated carbocycles. The molecule has 6 aromatic rings. The molecule has 0 atom stereocenters. The first-order valence-electron chi connectivity index (χ1n) is 16.6. The minimum atomic E-state index is -0.220. The van der Waals surface area contributed by atoms with Crippen LogP contribution >= 0.6 is 9.19 Å². The number of nitrogens with zero attached hydrogens (tertiary/aromatic N) is 2. The van der Waals surface area contributed by atoms with Gasteiger partial charge < -0.3 is 10.2 Å². The molecule has 50 heavy (non-hydrogen) atoms. The van der Waals surface area contributed by atoms with Gasteiger partial charge in [0.25, 0.3) is 0 Å². The molecule has 2 N–H and O–H groups in total. The molecule has 0 aliphatic heterocycles. The first kappa shape index (κ1) is 37.1. The quantitative estimate of drug-likeness (QED) is 0.134. The third-order valence-corrected chi connectivity index (χ3v) is 8.93. The Balaban J connectivity index is 0.00000239. The number of fused-ring (bicyclic) bond motifs is 2. The van der Waals surface area contributed by atoms with Gasteiger partial charge in [-0.3, -0.25) is 9.98 Å². The number of aromatic hydroxyl groups is 2. The van der Waals surface area contributed by atoms with E-state index < -0.39 is 0 Å². The van der Waals surface area contributed by atoms with E-state index in [2.05, 4.69) is 87.1 Å². The Labute approximate surface area is 312 Å². The molecule has 6 heteroatoms. The van der Waals surface area contributed by atoms with Crippen LogP contribution in [0.4, 0.5) is 11.4 Å². The van der Waals surface area contributed by atoms with Crippen LogP contribution < -0.4 is 0 Å². The van der Waals surface area contributed by atoms with Crippen LogP contribution in [-0.4, -0.2) is 22.6 Å². The molecule has 4 nitrogen and oxygen atoms in total. The predicted octanol–water partition coefficient (Wildman–Crippen LogP) is 12.5. The average molecular weight is 865 g/mol. The van der Waals surface area contributed by atoms with Crippen LogP contribution in [0.15, 0.2) is 107 Å². The molecule has 0 aromatic heterocycles. The van der Waals surface area contributed by atoms with E-state index in [1.54, 1.807) is 32.4 Å². The normalized spacial score (nSPS) is 12.2. The van der Waals surface area contributed by atoms with Crippen LogP contribution in [-0.2, 0) is 30.8 Å². The summed E-state index contributed by atoms with van der Waals surface area (Å²) in [6.07, 6.45) is 3.55. The molecular formula is C44H44AuClN2O2. The number of hydrogen-bond donors (Lipinski definition) is 2. The number of hydrogen-bond acceptors (Lipinski definition) is 4. The summed E-state index contributed by atoms with van der Waals surface area (Å²) < 4.78 is 0. The summed E-state index contributed by atoms with van der Waals surface area (Å²) in [7, 11) is 4.58. The zero-order chi connectivity index (χ0) is 36.4. The van der Waals surface area contributed by atoms with Gasteiger partial charge in [-0.15, -0.1) is 0 Å². The van der Waals surface area contributed by atoms with E-state index in [0.29, 0.717) is 11.1 Å². The van der Waals surface area contributed by atoms with Crippen LogP contribution in [0.3, 0.4) is 0 Å². The molecule has 6 rings (SSSR count). The third-order valence-electron chi connectivity index (χ3n) is 8.93. The second-order valence-electron chi connectivity index (χ2n) is 14.9. The van der Waals surface area contributed by atoms with Gasteiger partial charge in [0, 0.05) is 45.8 Å². The van der Waals surface area contributed by atoms with Crippen molar-refractivity contribution in [2.75, 3.05) is 0 Å². The molecule has 0 bridgehead atoms. The van der Waals surface area contributed by atoms with E-state index in [0.717, 1.165) is 66.3 Å². The van der Waals surface area contributed by atoms with Crippen molar-refractivity contribution in [1.29, 1.82) is 0 Å². The number of halogens is 1. The molecule has 260 valence electrons. The van der Waals surface area contributed by atoms with E-state index in [1.807, 2.05) is 74.5 Å². The first-order chi connectivity index (χ1) is 23.7. The summed E-state index contributed by atoms with van der Waals surface area (Å²) in [6.45, 7) is 16.7. The fraction of sp³-hybridized carbons (Fsp3) is 0.227. The Hall–Kier alpha value is -4.19. The predicted molar refractivity (Wildman–Crippen MR) is 210 cm³/mol. The monoisotopic (exact) mass is 864 g/mol. The Kier molecular flexibility index (Phi) is 11.1. The van der Waals surface area contributed by atoms with E-state index in [-0.39, 0.29) is 22.3 Å². The van der Waals surface area contributed by atoms with Crippen LogP contribution in [0.2, 0.25) is 0 Å². The number of benzene rings is 6. The van der Waals surface area contributed by atoms with Crippen LogP contribution in [0.25, 0.3) is 32.7 Å². The van der Waals surface area contributed by atoms with Crippen molar-refractivity contribution >= 4 is 54.5 Å². The summed E-state index contributed by atoms with van der Waals surface area (Å²) in [4.78, 5) is 10.2. The Morgan fingerprint density at radius 2 is 0.900 bits per heavy atom. The van der Waals surface area contributed by atoms with Gasteiger partial charge in [0.2, 0.25) is 0 Å². The summed E-state index contributed by atoms with van der Waals surface area (Å²) >= 11 is 1.75. The Bertz CT molecular complexity index is 2100. The molecule has 0 aliphatic carbocycles. The van der Waals surface area contributed by atoms with E-state index in [4.69, 9.17) is 9.98 Å². The van der Waals surface area contributed by atoms with Gasteiger partial charge in [0.15, 0.2) is 0 Å². The summed E-state index contributed by atoms with van der Waals surface area (Å²) in [6, 6.07) is 33.0. The van der Waals surface area contributed by atoms with E-state index >= 15 is 0 Å². The first-order valence-corrected chi connectivity index (χ1v) is 19.3. The molecule has 0 spiro atoms. The maximum absolute atomic E-state index is 11.3. The fourth-order valence-corrected chi connectivity index (χ4v) is 6.49.